The lowest BCUT2D eigenvalue weighted by molar-refractivity contribution is 0.204. The summed E-state index contributed by atoms with van der Waals surface area (Å²) in [5.74, 6) is 0.721. The van der Waals surface area contributed by atoms with Gasteiger partial charge in [0, 0.05) is 13.7 Å². The van der Waals surface area contributed by atoms with E-state index in [1.54, 1.807) is 20.4 Å². The molecule has 3 N–H and O–H groups in total. The van der Waals surface area contributed by atoms with Crippen molar-refractivity contribution in [3.63, 3.8) is 0 Å². The van der Waals surface area contributed by atoms with E-state index in [0.717, 1.165) is 11.4 Å². The molecule has 0 bridgehead atoms. The number of nitrogens with zero attached hydrogens (tertiary/aromatic N) is 2. The third-order valence-electron chi connectivity index (χ3n) is 2.90. The molecule has 0 saturated carbocycles. The first-order valence-electron chi connectivity index (χ1n) is 7.26. The summed E-state index contributed by atoms with van der Waals surface area (Å²) in [4.78, 5) is 4.97. The molecule has 1 heterocycles. The molecule has 0 unspecified atom stereocenters. The summed E-state index contributed by atoms with van der Waals surface area (Å²) in [6.07, 6.45) is 1.57. The predicted octanol–water partition coefficient (Wildman–Crippen LogP) is 2.99. The van der Waals surface area contributed by atoms with Gasteiger partial charge in [-0.2, -0.15) is 5.10 Å². The Morgan fingerprint density at radius 2 is 2.20 bits per heavy atom. The number of halogens is 1. The van der Waals surface area contributed by atoms with Crippen LogP contribution in [0.3, 0.4) is 0 Å². The monoisotopic (exact) mass is 399 g/mol. The molecule has 0 aliphatic rings. The first-order chi connectivity index (χ1) is 12.1. The van der Waals surface area contributed by atoms with Crippen molar-refractivity contribution in [2.45, 2.75) is 0 Å². The normalized spacial score (nSPS) is 10.7. The molecule has 0 fully saturated rings. The maximum Gasteiger partial charge on any atom is 0.189 e. The molecule has 0 aliphatic heterocycles. The quantitative estimate of drug-likeness (QED) is 0.272. The maximum atomic E-state index is 6.15. The average molecular weight is 400 g/mol. The van der Waals surface area contributed by atoms with Crippen LogP contribution < -0.4 is 20.8 Å². The number of para-hydroxylation sites is 2. The Bertz CT molecular complexity index is 738. The van der Waals surface area contributed by atoms with Crippen molar-refractivity contribution in [2.24, 2.45) is 5.10 Å². The van der Waals surface area contributed by atoms with Crippen LogP contribution in [0.4, 0.5) is 10.8 Å². The first kappa shape index (κ1) is 19.4. The third-order valence-corrected chi connectivity index (χ3v) is 4.44. The molecule has 7 nitrogen and oxygen atoms in total. The molecule has 1 aromatic heterocycles. The van der Waals surface area contributed by atoms with Crippen molar-refractivity contribution in [1.82, 2.24) is 15.7 Å². The molecular weight excluding hydrogens is 382 g/mol. The molecule has 1 aromatic carbocycles. The summed E-state index contributed by atoms with van der Waals surface area (Å²) < 4.78 is 10.2. The number of thiocarbonyl (C=S) groups is 1. The van der Waals surface area contributed by atoms with Crippen LogP contribution in [0.25, 0.3) is 0 Å². The van der Waals surface area contributed by atoms with Gasteiger partial charge in [-0.05, 0) is 24.4 Å². The number of anilines is 2. The summed E-state index contributed by atoms with van der Waals surface area (Å²) >= 11 is 12.6. The number of rotatable bonds is 8. The van der Waals surface area contributed by atoms with Crippen molar-refractivity contribution < 1.29 is 9.47 Å². The van der Waals surface area contributed by atoms with E-state index in [0.29, 0.717) is 33.4 Å². The Balaban J connectivity index is 1.95. The molecule has 0 radical (unpaired) electrons. The van der Waals surface area contributed by atoms with Gasteiger partial charge in [0.05, 0.1) is 30.5 Å². The molecule has 0 saturated heterocycles. The van der Waals surface area contributed by atoms with Gasteiger partial charge in [0.15, 0.2) is 15.4 Å². The Morgan fingerprint density at radius 3 is 2.96 bits per heavy atom. The minimum atomic E-state index is 0.353. The summed E-state index contributed by atoms with van der Waals surface area (Å²) in [5, 5.41) is 11.6. The molecule has 2 aromatic rings. The van der Waals surface area contributed by atoms with E-state index in [4.69, 9.17) is 33.3 Å². The van der Waals surface area contributed by atoms with Crippen molar-refractivity contribution in [3.05, 3.63) is 34.3 Å². The smallest absolute Gasteiger partial charge is 0.189 e. The zero-order chi connectivity index (χ0) is 18.1. The second kappa shape index (κ2) is 10.1. The fourth-order valence-electron chi connectivity index (χ4n) is 1.77. The number of benzene rings is 1. The number of nitrogens with one attached hydrogen (secondary N) is 3. The van der Waals surface area contributed by atoms with Gasteiger partial charge >= 0.3 is 0 Å². The van der Waals surface area contributed by atoms with E-state index in [-0.39, 0.29) is 0 Å². The third kappa shape index (κ3) is 6.13. The summed E-state index contributed by atoms with van der Waals surface area (Å²) in [7, 11) is 3.24. The van der Waals surface area contributed by atoms with Gasteiger partial charge in [-0.3, -0.25) is 5.43 Å². The minimum Gasteiger partial charge on any atom is -0.495 e. The van der Waals surface area contributed by atoms with Crippen LogP contribution >= 0.6 is 35.2 Å². The Hall–Kier alpha value is -1.94. The molecule has 134 valence electrons. The summed E-state index contributed by atoms with van der Waals surface area (Å²) in [5.41, 5.74) is 3.51. The zero-order valence-electron chi connectivity index (χ0n) is 13.7. The topological polar surface area (TPSA) is 79.8 Å². The predicted molar refractivity (Wildman–Crippen MR) is 107 cm³/mol. The van der Waals surface area contributed by atoms with Crippen molar-refractivity contribution >= 4 is 57.3 Å². The van der Waals surface area contributed by atoms with E-state index < -0.39 is 0 Å². The number of methoxy groups -OCH3 is 2. The Labute approximate surface area is 160 Å². The average Bonchev–Trinajstić information content (AvgIpc) is 2.95. The molecule has 2 rings (SSSR count). The Kier molecular flexibility index (Phi) is 7.86. The number of hydrazone groups is 1. The number of hydrogen-bond donors (Lipinski definition) is 3. The summed E-state index contributed by atoms with van der Waals surface area (Å²) in [6, 6.07) is 7.56. The van der Waals surface area contributed by atoms with E-state index >= 15 is 0 Å². The van der Waals surface area contributed by atoms with Crippen LogP contribution in [0.2, 0.25) is 5.15 Å². The number of thiazole rings is 1. The highest BCUT2D eigenvalue weighted by Gasteiger charge is 2.10. The van der Waals surface area contributed by atoms with E-state index in [2.05, 4.69) is 26.1 Å². The Morgan fingerprint density at radius 1 is 1.40 bits per heavy atom. The highest BCUT2D eigenvalue weighted by molar-refractivity contribution is 7.80. The van der Waals surface area contributed by atoms with Crippen LogP contribution in [0.1, 0.15) is 4.88 Å². The van der Waals surface area contributed by atoms with E-state index in [9.17, 15) is 0 Å². The summed E-state index contributed by atoms with van der Waals surface area (Å²) in [6.45, 7) is 1.16. The minimum absolute atomic E-state index is 0.353. The van der Waals surface area contributed by atoms with Gasteiger partial charge in [0.1, 0.15) is 5.75 Å². The highest BCUT2D eigenvalue weighted by atomic mass is 35.5. The number of ether oxygens (including phenoxy) is 2. The van der Waals surface area contributed by atoms with Gasteiger partial charge < -0.3 is 20.1 Å². The van der Waals surface area contributed by atoms with Gasteiger partial charge in [-0.1, -0.05) is 35.1 Å². The second-order valence-electron chi connectivity index (χ2n) is 4.62. The highest BCUT2D eigenvalue weighted by Crippen LogP contribution is 2.31. The van der Waals surface area contributed by atoms with Crippen molar-refractivity contribution in [2.75, 3.05) is 32.7 Å². The first-order valence-corrected chi connectivity index (χ1v) is 8.86. The fraction of sp³-hybridized carbons (Fsp3) is 0.267. The molecule has 10 heteroatoms. The molecule has 0 atom stereocenters. The van der Waals surface area contributed by atoms with Crippen molar-refractivity contribution in [1.29, 1.82) is 0 Å². The van der Waals surface area contributed by atoms with Gasteiger partial charge in [-0.25, -0.2) is 4.98 Å². The number of aromatic nitrogens is 1. The lowest BCUT2D eigenvalue weighted by atomic mass is 10.3. The van der Waals surface area contributed by atoms with E-state index in [1.807, 2.05) is 24.3 Å². The number of hydrogen-bond acceptors (Lipinski definition) is 7. The molecule has 0 spiro atoms. The van der Waals surface area contributed by atoms with Gasteiger partial charge in [-0.15, -0.1) is 0 Å². The standard InChI is InChI=1S/C15H18ClN5O2S2/c1-22-8-7-17-14(24)21-18-9-12-13(16)20-15(25-12)19-10-5-3-4-6-11(10)23-2/h3-6,9H,7-8H2,1-2H3,(H,19,20)(H2,17,21,24)/b18-9+. The van der Waals surface area contributed by atoms with Crippen LogP contribution in [0, 0.1) is 0 Å². The van der Waals surface area contributed by atoms with Gasteiger partial charge in [0.2, 0.25) is 0 Å². The molecular formula is C15H18ClN5O2S2. The van der Waals surface area contributed by atoms with Crippen LogP contribution in [-0.4, -0.2) is 43.7 Å². The second-order valence-corrected chi connectivity index (χ2v) is 6.41. The fourth-order valence-corrected chi connectivity index (χ4v) is 2.96. The van der Waals surface area contributed by atoms with Crippen LogP contribution in [0.5, 0.6) is 5.75 Å². The zero-order valence-corrected chi connectivity index (χ0v) is 16.1. The SMILES string of the molecule is COCCNC(=S)N/N=C/c1sc(Nc2ccccc2OC)nc1Cl. The van der Waals surface area contributed by atoms with E-state index in [1.165, 1.54) is 11.3 Å². The lowest BCUT2D eigenvalue weighted by Crippen LogP contribution is -2.34. The molecule has 0 amide bonds. The molecule has 25 heavy (non-hydrogen) atoms. The maximum absolute atomic E-state index is 6.15. The lowest BCUT2D eigenvalue weighted by Gasteiger charge is -2.07. The van der Waals surface area contributed by atoms with Crippen LogP contribution in [-0.2, 0) is 4.74 Å². The van der Waals surface area contributed by atoms with Crippen molar-refractivity contribution in [3.8, 4) is 5.75 Å². The molecule has 0 aliphatic carbocycles. The van der Waals surface area contributed by atoms with Gasteiger partial charge in [0.25, 0.3) is 0 Å². The largest absolute Gasteiger partial charge is 0.495 e. The van der Waals surface area contributed by atoms with Crippen LogP contribution in [0.15, 0.2) is 29.4 Å².